The first-order valence-electron chi connectivity index (χ1n) is 8.52. The molecule has 136 valence electrons. The highest BCUT2D eigenvalue weighted by atomic mass is 79.9. The fourth-order valence-corrected chi connectivity index (χ4v) is 3.49. The van der Waals surface area contributed by atoms with Crippen molar-refractivity contribution >= 4 is 32.7 Å². The molecule has 2 aromatic carbocycles. The van der Waals surface area contributed by atoms with Gasteiger partial charge in [0.05, 0.1) is 0 Å². The summed E-state index contributed by atoms with van der Waals surface area (Å²) in [6.45, 7) is 1.18. The molecule has 27 heavy (non-hydrogen) atoms. The molecule has 1 N–H and O–H groups in total. The maximum absolute atomic E-state index is 12.8. The number of nitrogens with one attached hydrogen (secondary N) is 1. The smallest absolute Gasteiger partial charge is 0.249 e. The van der Waals surface area contributed by atoms with E-state index in [0.717, 1.165) is 20.9 Å². The summed E-state index contributed by atoms with van der Waals surface area (Å²) in [6, 6.07) is 17.1. The fraction of sp³-hybridized carbons (Fsp3) is 0.158. The molecule has 0 aliphatic heterocycles. The van der Waals surface area contributed by atoms with Gasteiger partial charge in [-0.3, -0.25) is 4.79 Å². The zero-order valence-electron chi connectivity index (χ0n) is 14.4. The van der Waals surface area contributed by atoms with Crippen LogP contribution in [-0.2, 0) is 11.3 Å². The molecule has 0 bridgehead atoms. The maximum atomic E-state index is 12.8. The first-order valence-corrected chi connectivity index (χ1v) is 9.31. The second-order valence-electron chi connectivity index (χ2n) is 6.11. The summed E-state index contributed by atoms with van der Waals surface area (Å²) < 4.78 is 4.64. The van der Waals surface area contributed by atoms with Gasteiger partial charge in [-0.2, -0.15) is 0 Å². The summed E-state index contributed by atoms with van der Waals surface area (Å²) in [4.78, 5) is 12.8. The van der Waals surface area contributed by atoms with Crippen LogP contribution in [0.1, 0.15) is 11.6 Å². The maximum Gasteiger partial charge on any atom is 0.249 e. The van der Waals surface area contributed by atoms with Gasteiger partial charge in [0.1, 0.15) is 6.33 Å². The largest absolute Gasteiger partial charge is 0.352 e. The van der Waals surface area contributed by atoms with E-state index in [4.69, 9.17) is 0 Å². The SMILES string of the molecule is O=C(NCCn1ccc2cc(Br)ccc21)[C@@H](c1ccccc1)n1cnnn1. The topological polar surface area (TPSA) is 77.6 Å². The average molecular weight is 425 g/mol. The molecule has 0 aliphatic carbocycles. The van der Waals surface area contributed by atoms with Crippen LogP contribution in [0.4, 0.5) is 0 Å². The molecule has 0 saturated heterocycles. The van der Waals surface area contributed by atoms with Gasteiger partial charge >= 0.3 is 0 Å². The molecular weight excluding hydrogens is 408 g/mol. The Kier molecular flexibility index (Phi) is 4.97. The third kappa shape index (κ3) is 3.75. The van der Waals surface area contributed by atoms with Gasteiger partial charge in [0, 0.05) is 34.7 Å². The molecule has 2 aromatic heterocycles. The number of rotatable bonds is 6. The van der Waals surface area contributed by atoms with E-state index < -0.39 is 6.04 Å². The zero-order valence-corrected chi connectivity index (χ0v) is 16.0. The lowest BCUT2D eigenvalue weighted by atomic mass is 10.1. The van der Waals surface area contributed by atoms with Gasteiger partial charge in [0.25, 0.3) is 0 Å². The molecule has 1 amide bonds. The summed E-state index contributed by atoms with van der Waals surface area (Å²) >= 11 is 3.49. The Bertz CT molecular complexity index is 1040. The Morgan fingerprint density at radius 2 is 2.00 bits per heavy atom. The molecule has 0 aliphatic rings. The van der Waals surface area contributed by atoms with Gasteiger partial charge in [0.2, 0.25) is 5.91 Å². The first kappa shape index (κ1) is 17.4. The second kappa shape index (κ2) is 7.71. The Morgan fingerprint density at radius 3 is 2.78 bits per heavy atom. The molecular formula is C19H17BrN6O. The lowest BCUT2D eigenvalue weighted by Gasteiger charge is -2.17. The van der Waals surface area contributed by atoms with Crippen molar-refractivity contribution in [3.63, 3.8) is 0 Å². The monoisotopic (exact) mass is 424 g/mol. The molecule has 0 fully saturated rings. The molecule has 4 aromatic rings. The number of hydrogen-bond acceptors (Lipinski definition) is 4. The molecule has 4 rings (SSSR count). The number of amides is 1. The van der Waals surface area contributed by atoms with Gasteiger partial charge < -0.3 is 9.88 Å². The number of carbonyl (C=O) groups excluding carboxylic acids is 1. The number of aromatic nitrogens is 5. The lowest BCUT2D eigenvalue weighted by Crippen LogP contribution is -2.35. The van der Waals surface area contributed by atoms with Gasteiger partial charge in [0.15, 0.2) is 6.04 Å². The predicted molar refractivity (Wildman–Crippen MR) is 105 cm³/mol. The summed E-state index contributed by atoms with van der Waals surface area (Å²) in [5.74, 6) is -0.146. The van der Waals surface area contributed by atoms with E-state index >= 15 is 0 Å². The van der Waals surface area contributed by atoms with Crippen LogP contribution < -0.4 is 5.32 Å². The normalized spacial score (nSPS) is 12.2. The Hall–Kier alpha value is -3.00. The van der Waals surface area contributed by atoms with Gasteiger partial charge in [-0.05, 0) is 40.3 Å². The standard InChI is InChI=1S/C19H17BrN6O/c20-16-6-7-17-15(12-16)8-10-25(17)11-9-21-19(27)18(26-13-22-23-24-26)14-4-2-1-3-5-14/h1-8,10,12-13,18H,9,11H2,(H,21,27)/t18-/m1/s1. The highest BCUT2D eigenvalue weighted by Gasteiger charge is 2.23. The number of nitrogens with zero attached hydrogens (tertiary/aromatic N) is 5. The number of hydrogen-bond donors (Lipinski definition) is 1. The van der Waals surface area contributed by atoms with Crippen molar-refractivity contribution in [1.29, 1.82) is 0 Å². The highest BCUT2D eigenvalue weighted by molar-refractivity contribution is 9.10. The van der Waals surface area contributed by atoms with Crippen LogP contribution in [0.15, 0.2) is 71.6 Å². The predicted octanol–water partition coefficient (Wildman–Crippen LogP) is 2.80. The minimum atomic E-state index is -0.599. The van der Waals surface area contributed by atoms with Crippen LogP contribution >= 0.6 is 15.9 Å². The molecule has 1 atom stereocenters. The molecule has 0 spiro atoms. The van der Waals surface area contributed by atoms with Crippen molar-refractivity contribution in [2.45, 2.75) is 12.6 Å². The summed E-state index contributed by atoms with van der Waals surface area (Å²) in [5.41, 5.74) is 1.96. The van der Waals surface area contributed by atoms with Crippen LogP contribution in [0.3, 0.4) is 0 Å². The Morgan fingerprint density at radius 1 is 1.15 bits per heavy atom. The molecule has 8 heteroatoms. The molecule has 0 saturated carbocycles. The number of fused-ring (bicyclic) bond motifs is 1. The highest BCUT2D eigenvalue weighted by Crippen LogP contribution is 2.21. The van der Waals surface area contributed by atoms with Gasteiger partial charge in [-0.25, -0.2) is 4.68 Å². The number of carbonyl (C=O) groups is 1. The van der Waals surface area contributed by atoms with Crippen molar-refractivity contribution in [3.8, 4) is 0 Å². The third-order valence-electron chi connectivity index (χ3n) is 4.38. The summed E-state index contributed by atoms with van der Waals surface area (Å²) in [7, 11) is 0. The number of halogens is 1. The number of tetrazole rings is 1. The van der Waals surface area contributed by atoms with E-state index in [1.807, 2.05) is 42.6 Å². The van der Waals surface area contributed by atoms with E-state index in [9.17, 15) is 4.79 Å². The van der Waals surface area contributed by atoms with Crippen molar-refractivity contribution in [2.75, 3.05) is 6.54 Å². The van der Waals surface area contributed by atoms with E-state index in [1.165, 1.54) is 11.0 Å². The van der Waals surface area contributed by atoms with Gasteiger partial charge in [-0.1, -0.05) is 46.3 Å². The van der Waals surface area contributed by atoms with Crippen LogP contribution in [0.5, 0.6) is 0 Å². The average Bonchev–Trinajstić information content (AvgIpc) is 3.33. The Labute approximate surface area is 164 Å². The summed E-state index contributed by atoms with van der Waals surface area (Å²) in [6.07, 6.45) is 3.48. The molecule has 7 nitrogen and oxygen atoms in total. The van der Waals surface area contributed by atoms with Crippen molar-refractivity contribution in [3.05, 3.63) is 77.2 Å². The fourth-order valence-electron chi connectivity index (χ4n) is 3.11. The zero-order chi connectivity index (χ0) is 18.6. The van der Waals surface area contributed by atoms with E-state index in [-0.39, 0.29) is 5.91 Å². The summed E-state index contributed by atoms with van der Waals surface area (Å²) in [5, 5.41) is 15.4. The van der Waals surface area contributed by atoms with E-state index in [0.29, 0.717) is 13.1 Å². The van der Waals surface area contributed by atoms with E-state index in [2.05, 4.69) is 59.5 Å². The molecule has 2 heterocycles. The van der Waals surface area contributed by atoms with Crippen molar-refractivity contribution in [2.24, 2.45) is 0 Å². The van der Waals surface area contributed by atoms with E-state index in [1.54, 1.807) is 0 Å². The van der Waals surface area contributed by atoms with Crippen molar-refractivity contribution in [1.82, 2.24) is 30.1 Å². The molecule has 0 radical (unpaired) electrons. The van der Waals surface area contributed by atoms with Crippen molar-refractivity contribution < 1.29 is 4.79 Å². The van der Waals surface area contributed by atoms with Gasteiger partial charge in [-0.15, -0.1) is 5.10 Å². The van der Waals surface area contributed by atoms with Crippen LogP contribution in [0, 0.1) is 0 Å². The first-order chi connectivity index (χ1) is 13.2. The minimum Gasteiger partial charge on any atom is -0.352 e. The number of benzene rings is 2. The van der Waals surface area contributed by atoms with Crippen LogP contribution in [0.25, 0.3) is 10.9 Å². The molecule has 0 unspecified atom stereocenters. The van der Waals surface area contributed by atoms with Crippen LogP contribution in [0.2, 0.25) is 0 Å². The lowest BCUT2D eigenvalue weighted by molar-refractivity contribution is -0.123. The quantitative estimate of drug-likeness (QED) is 0.516. The Balaban J connectivity index is 1.47. The third-order valence-corrected chi connectivity index (χ3v) is 4.87. The minimum absolute atomic E-state index is 0.146. The second-order valence-corrected chi connectivity index (χ2v) is 7.02. The van der Waals surface area contributed by atoms with Crippen LogP contribution in [-0.4, -0.2) is 37.2 Å².